The maximum Gasteiger partial charge on any atom is 0.132 e. The van der Waals surface area contributed by atoms with Crippen LogP contribution in [0.15, 0.2) is 36.7 Å². The molecule has 0 saturated heterocycles. The molecule has 0 aliphatic rings. The summed E-state index contributed by atoms with van der Waals surface area (Å²) in [6.45, 7) is 6.14. The highest BCUT2D eigenvalue weighted by Gasteiger charge is 2.16. The summed E-state index contributed by atoms with van der Waals surface area (Å²) in [6, 6.07) is 8.44. The van der Waals surface area contributed by atoms with Gasteiger partial charge in [0.2, 0.25) is 0 Å². The van der Waals surface area contributed by atoms with Gasteiger partial charge in [0, 0.05) is 11.9 Å². The van der Waals surface area contributed by atoms with E-state index in [-0.39, 0.29) is 5.38 Å². The highest BCUT2D eigenvalue weighted by atomic mass is 35.5. The Morgan fingerprint density at radius 1 is 1.15 bits per heavy atom. The van der Waals surface area contributed by atoms with Gasteiger partial charge in [0.15, 0.2) is 0 Å². The molecule has 1 aromatic carbocycles. The van der Waals surface area contributed by atoms with Gasteiger partial charge in [-0.1, -0.05) is 6.07 Å². The van der Waals surface area contributed by atoms with Crippen molar-refractivity contribution < 1.29 is 0 Å². The van der Waals surface area contributed by atoms with Crippen LogP contribution in [0.5, 0.6) is 0 Å². The van der Waals surface area contributed by atoms with Crippen molar-refractivity contribution in [2.45, 2.75) is 26.1 Å². The standard InChI is InChI=1S/C16H16ClN3/c1-10-6-11(2)8-13(7-10)20-15-4-5-18-9-14(15)19-16(20)12(3)17/h4-9,12H,1-3H3. The first-order valence-electron chi connectivity index (χ1n) is 6.61. The number of halogens is 1. The van der Waals surface area contributed by atoms with Crippen LogP contribution in [0.4, 0.5) is 0 Å². The van der Waals surface area contributed by atoms with Crippen LogP contribution in [0.3, 0.4) is 0 Å². The molecule has 0 N–H and O–H groups in total. The molecule has 0 aliphatic heterocycles. The molecule has 3 aromatic rings. The number of fused-ring (bicyclic) bond motifs is 1. The SMILES string of the molecule is Cc1cc(C)cc(-n2c(C(C)Cl)nc3cnccc32)c1. The van der Waals surface area contributed by atoms with Crippen molar-refractivity contribution in [1.82, 2.24) is 14.5 Å². The van der Waals surface area contributed by atoms with Crippen LogP contribution in [0.25, 0.3) is 16.7 Å². The van der Waals surface area contributed by atoms with E-state index in [0.717, 1.165) is 22.5 Å². The van der Waals surface area contributed by atoms with E-state index in [1.54, 1.807) is 12.4 Å². The van der Waals surface area contributed by atoms with Crippen LogP contribution < -0.4 is 0 Å². The highest BCUT2D eigenvalue weighted by Crippen LogP contribution is 2.28. The fourth-order valence-electron chi connectivity index (χ4n) is 2.57. The minimum atomic E-state index is -0.164. The molecule has 0 aliphatic carbocycles. The van der Waals surface area contributed by atoms with Gasteiger partial charge in [0.1, 0.15) is 11.3 Å². The van der Waals surface area contributed by atoms with Crippen LogP contribution in [0, 0.1) is 13.8 Å². The second-order valence-corrected chi connectivity index (χ2v) is 5.79. The third-order valence-electron chi connectivity index (χ3n) is 3.30. The number of alkyl halides is 1. The molecule has 20 heavy (non-hydrogen) atoms. The molecule has 2 aromatic heterocycles. The Morgan fingerprint density at radius 3 is 2.50 bits per heavy atom. The zero-order valence-corrected chi connectivity index (χ0v) is 12.5. The van der Waals surface area contributed by atoms with Gasteiger partial charge in [0.05, 0.1) is 17.1 Å². The van der Waals surface area contributed by atoms with Crippen molar-refractivity contribution in [3.05, 3.63) is 53.6 Å². The third-order valence-corrected chi connectivity index (χ3v) is 3.50. The Labute approximate surface area is 123 Å². The second kappa shape index (κ2) is 4.91. The number of benzene rings is 1. The van der Waals surface area contributed by atoms with Gasteiger partial charge < -0.3 is 0 Å². The van der Waals surface area contributed by atoms with Crippen LogP contribution in [-0.2, 0) is 0 Å². The number of imidazole rings is 1. The molecule has 0 bridgehead atoms. The lowest BCUT2D eigenvalue weighted by Crippen LogP contribution is -2.02. The molecule has 3 nitrogen and oxygen atoms in total. The van der Waals surface area contributed by atoms with Crippen LogP contribution >= 0.6 is 11.6 Å². The first-order chi connectivity index (χ1) is 9.56. The maximum absolute atomic E-state index is 6.31. The Bertz CT molecular complexity index is 754. The van der Waals surface area contributed by atoms with E-state index < -0.39 is 0 Å². The molecule has 102 valence electrons. The molecule has 1 atom stereocenters. The summed E-state index contributed by atoms with van der Waals surface area (Å²) < 4.78 is 2.12. The first-order valence-corrected chi connectivity index (χ1v) is 7.05. The predicted molar refractivity (Wildman–Crippen MR) is 82.6 cm³/mol. The number of aryl methyl sites for hydroxylation is 2. The van der Waals surface area contributed by atoms with Gasteiger partial charge in [-0.2, -0.15) is 0 Å². The molecule has 0 spiro atoms. The van der Waals surface area contributed by atoms with Gasteiger partial charge in [0.25, 0.3) is 0 Å². The van der Waals surface area contributed by atoms with Gasteiger partial charge in [-0.3, -0.25) is 9.55 Å². The molecular formula is C16H16ClN3. The van der Waals surface area contributed by atoms with E-state index in [0.29, 0.717) is 0 Å². The van der Waals surface area contributed by atoms with Crippen molar-refractivity contribution in [3.8, 4) is 5.69 Å². The molecular weight excluding hydrogens is 270 g/mol. The van der Waals surface area contributed by atoms with E-state index in [2.05, 4.69) is 46.6 Å². The van der Waals surface area contributed by atoms with Gasteiger partial charge in [-0.25, -0.2) is 4.98 Å². The molecule has 2 heterocycles. The second-order valence-electron chi connectivity index (χ2n) is 5.13. The van der Waals surface area contributed by atoms with E-state index in [4.69, 9.17) is 11.6 Å². The zero-order chi connectivity index (χ0) is 14.3. The molecule has 0 amide bonds. The lowest BCUT2D eigenvalue weighted by atomic mass is 10.1. The quantitative estimate of drug-likeness (QED) is 0.656. The summed E-state index contributed by atoms with van der Waals surface area (Å²) in [7, 11) is 0. The predicted octanol–water partition coefficient (Wildman–Crippen LogP) is 4.34. The van der Waals surface area contributed by atoms with E-state index >= 15 is 0 Å². The largest absolute Gasteiger partial charge is 0.295 e. The first kappa shape index (κ1) is 13.1. The van der Waals surface area contributed by atoms with Gasteiger partial charge in [-0.05, 0) is 50.1 Å². The Morgan fingerprint density at radius 2 is 1.85 bits per heavy atom. The Kier molecular flexibility index (Phi) is 3.22. The number of nitrogens with zero attached hydrogens (tertiary/aromatic N) is 3. The minimum Gasteiger partial charge on any atom is -0.295 e. The van der Waals surface area contributed by atoms with Crippen molar-refractivity contribution in [2.24, 2.45) is 0 Å². The number of hydrogen-bond donors (Lipinski definition) is 0. The molecule has 3 rings (SSSR count). The molecule has 0 fully saturated rings. The normalized spacial score (nSPS) is 12.8. The van der Waals surface area contributed by atoms with Crippen LogP contribution in [0.1, 0.15) is 29.3 Å². The summed E-state index contributed by atoms with van der Waals surface area (Å²) in [5.74, 6) is 0.847. The lowest BCUT2D eigenvalue weighted by molar-refractivity contribution is 0.881. The van der Waals surface area contributed by atoms with E-state index in [1.165, 1.54) is 11.1 Å². The summed E-state index contributed by atoms with van der Waals surface area (Å²) in [5, 5.41) is -0.164. The van der Waals surface area contributed by atoms with Gasteiger partial charge in [-0.15, -0.1) is 11.6 Å². The smallest absolute Gasteiger partial charge is 0.132 e. The Balaban J connectivity index is 2.36. The maximum atomic E-state index is 6.31. The number of aromatic nitrogens is 3. The summed E-state index contributed by atoms with van der Waals surface area (Å²) in [4.78, 5) is 8.75. The number of rotatable bonds is 2. The topological polar surface area (TPSA) is 30.7 Å². The van der Waals surface area contributed by atoms with Gasteiger partial charge >= 0.3 is 0 Å². The summed E-state index contributed by atoms with van der Waals surface area (Å²) in [5.41, 5.74) is 5.45. The van der Waals surface area contributed by atoms with Crippen molar-refractivity contribution >= 4 is 22.6 Å². The van der Waals surface area contributed by atoms with Crippen molar-refractivity contribution in [2.75, 3.05) is 0 Å². The minimum absolute atomic E-state index is 0.164. The average molecular weight is 286 g/mol. The molecule has 0 saturated carbocycles. The average Bonchev–Trinajstić information content (AvgIpc) is 2.77. The molecule has 1 unspecified atom stereocenters. The van der Waals surface area contributed by atoms with Crippen molar-refractivity contribution in [1.29, 1.82) is 0 Å². The lowest BCUT2D eigenvalue weighted by Gasteiger charge is -2.12. The number of pyridine rings is 1. The van der Waals surface area contributed by atoms with Crippen LogP contribution in [-0.4, -0.2) is 14.5 Å². The van der Waals surface area contributed by atoms with E-state index in [9.17, 15) is 0 Å². The summed E-state index contributed by atoms with van der Waals surface area (Å²) >= 11 is 6.31. The fraction of sp³-hybridized carbons (Fsp3) is 0.250. The molecule has 4 heteroatoms. The monoisotopic (exact) mass is 285 g/mol. The molecule has 0 radical (unpaired) electrons. The van der Waals surface area contributed by atoms with Crippen LogP contribution in [0.2, 0.25) is 0 Å². The summed E-state index contributed by atoms with van der Waals surface area (Å²) in [6.07, 6.45) is 3.56. The fourth-order valence-corrected chi connectivity index (χ4v) is 2.72. The number of hydrogen-bond acceptors (Lipinski definition) is 2. The third kappa shape index (κ3) is 2.18. The highest BCUT2D eigenvalue weighted by molar-refractivity contribution is 6.20. The Hall–Kier alpha value is -1.87. The zero-order valence-electron chi connectivity index (χ0n) is 11.8. The van der Waals surface area contributed by atoms with Crippen molar-refractivity contribution in [3.63, 3.8) is 0 Å². The van der Waals surface area contributed by atoms with E-state index in [1.807, 2.05) is 13.0 Å².